The summed E-state index contributed by atoms with van der Waals surface area (Å²) in [4.78, 5) is 0. The molecule has 0 saturated heterocycles. The Morgan fingerprint density at radius 2 is 0.479 bits per heavy atom. The second kappa shape index (κ2) is 34.9. The molecule has 0 unspecified atom stereocenters. The molecule has 0 aliphatic carbocycles. The highest BCUT2D eigenvalue weighted by molar-refractivity contribution is 8.17. The van der Waals surface area contributed by atoms with Crippen molar-refractivity contribution in [2.75, 3.05) is 142 Å². The van der Waals surface area contributed by atoms with Gasteiger partial charge in [0, 0.05) is 65.0 Å². The van der Waals surface area contributed by atoms with E-state index in [9.17, 15) is 0 Å². The van der Waals surface area contributed by atoms with E-state index in [1.165, 1.54) is 0 Å². The molecule has 9 nitrogen and oxygen atoms in total. The lowest BCUT2D eigenvalue weighted by molar-refractivity contribution is 0.237. The first-order valence-electron chi connectivity index (χ1n) is 14.7. The van der Waals surface area contributed by atoms with Gasteiger partial charge in [0.25, 0.3) is 0 Å². The Kier molecular flexibility index (Phi) is 36.8. The zero-order valence-corrected chi connectivity index (χ0v) is 41.2. The second-order valence-electron chi connectivity index (χ2n) is 8.63. The van der Waals surface area contributed by atoms with Gasteiger partial charge in [-0.2, -0.15) is 70.6 Å². The van der Waals surface area contributed by atoms with Crippen molar-refractivity contribution in [1.82, 2.24) is 0 Å². The molecule has 0 aromatic carbocycles. The third-order valence-corrected chi connectivity index (χ3v) is 25.7. The van der Waals surface area contributed by atoms with Gasteiger partial charge in [0.1, 0.15) is 0 Å². The molecule has 0 aromatic rings. The van der Waals surface area contributed by atoms with Crippen molar-refractivity contribution in [3.05, 3.63) is 0 Å². The third-order valence-electron chi connectivity index (χ3n) is 4.81. The summed E-state index contributed by atoms with van der Waals surface area (Å²) in [5, 5.41) is 5.92. The summed E-state index contributed by atoms with van der Waals surface area (Å²) in [7, 11) is -9.91. The van der Waals surface area contributed by atoms with Gasteiger partial charge < -0.3 is 27.1 Å². The number of rotatable bonds is 36. The number of hydrogen-bond acceptors (Lipinski definition) is 21. The summed E-state index contributed by atoms with van der Waals surface area (Å²) in [5.74, 6) is 4.77. The molecule has 0 saturated carbocycles. The molecule has 0 spiro atoms. The molecule has 0 fully saturated rings. The van der Waals surface area contributed by atoms with E-state index in [1.54, 1.807) is 70.6 Å². The van der Waals surface area contributed by atoms with Gasteiger partial charge in [-0.05, 0) is 37.5 Å². The van der Waals surface area contributed by atoms with Crippen LogP contribution in [0.5, 0.6) is 0 Å². The molecule has 0 radical (unpaired) electrons. The topological polar surface area (TPSA) is 92.5 Å². The molecule has 288 valence electrons. The fraction of sp³-hybridized carbons (Fsp3) is 1.00. The predicted octanol–water partition coefficient (Wildman–Crippen LogP) is 12.3. The van der Waals surface area contributed by atoms with E-state index in [0.29, 0.717) is 39.6 Å². The van der Waals surface area contributed by atoms with E-state index in [1.807, 2.05) is 70.6 Å². The Morgan fingerprint density at radius 3 is 0.625 bits per heavy atom. The molecule has 0 atom stereocenters. The van der Waals surface area contributed by atoms with Crippen LogP contribution in [0, 0.1) is 0 Å². The van der Waals surface area contributed by atoms with Crippen molar-refractivity contribution in [1.29, 1.82) is 0 Å². The molecule has 0 aromatic heterocycles. The molecular formula is C24H54N3O6P3S12. The van der Waals surface area contributed by atoms with Gasteiger partial charge in [-0.3, -0.25) is 0 Å². The Bertz CT molecular complexity index is 770. The Hall–Kier alpha value is 4.65. The first kappa shape index (κ1) is 50.7. The molecule has 0 amide bonds. The van der Waals surface area contributed by atoms with E-state index >= 15 is 0 Å². The van der Waals surface area contributed by atoms with E-state index in [-0.39, 0.29) is 0 Å². The van der Waals surface area contributed by atoms with Crippen LogP contribution in [0.1, 0.15) is 0 Å². The van der Waals surface area contributed by atoms with Crippen LogP contribution in [0.25, 0.3) is 0 Å². The average molecular weight is 958 g/mol. The first-order chi connectivity index (χ1) is 23.5. The monoisotopic (exact) mass is 957 g/mol. The fourth-order valence-electron chi connectivity index (χ4n) is 3.05. The van der Waals surface area contributed by atoms with Crippen molar-refractivity contribution >= 4 is 164 Å². The molecule has 1 aliphatic rings. The van der Waals surface area contributed by atoms with Gasteiger partial charge in [-0.25, -0.2) is 0 Å². The Morgan fingerprint density at radius 1 is 0.312 bits per heavy atom. The minimum Gasteiger partial charge on any atom is -0.305 e. The van der Waals surface area contributed by atoms with Gasteiger partial charge in [-0.15, -0.1) is 84.1 Å². The zero-order chi connectivity index (χ0) is 35.1. The van der Waals surface area contributed by atoms with Crippen LogP contribution in [0.4, 0.5) is 0 Å². The molecule has 1 heterocycles. The molecular weight excluding hydrogens is 904 g/mol. The normalized spacial score (nSPS) is 16.4. The summed E-state index contributed by atoms with van der Waals surface area (Å²) < 4.78 is 55.7. The quantitative estimate of drug-likeness (QED) is 0.0338. The van der Waals surface area contributed by atoms with Gasteiger partial charge in [0.15, 0.2) is 0 Å². The van der Waals surface area contributed by atoms with E-state index < -0.39 is 23.0 Å². The van der Waals surface area contributed by atoms with Crippen molar-refractivity contribution in [2.45, 2.75) is 0 Å². The summed E-state index contributed by atoms with van der Waals surface area (Å²) in [6, 6.07) is 0. The van der Waals surface area contributed by atoms with Crippen LogP contribution in [0.15, 0.2) is 13.5 Å². The predicted molar refractivity (Wildman–Crippen MR) is 249 cm³/mol. The lowest BCUT2D eigenvalue weighted by Crippen LogP contribution is -2.10. The highest BCUT2D eigenvalue weighted by atomic mass is 32.2. The smallest absolute Gasteiger partial charge is 0.305 e. The summed E-state index contributed by atoms with van der Waals surface area (Å²) in [5.41, 5.74) is 0. The Balaban J connectivity index is 3.72. The van der Waals surface area contributed by atoms with Crippen LogP contribution in [0.2, 0.25) is 0 Å². The van der Waals surface area contributed by atoms with Gasteiger partial charge in [-0.1, -0.05) is 0 Å². The van der Waals surface area contributed by atoms with Crippen molar-refractivity contribution < 1.29 is 27.1 Å². The standard InChI is InChI=1S/C24H54N3O6P3S12/c1-37-19-43-13-7-28-34(29-8-14-44-20-38-2)25-35(30-9-15-45-21-39-3,31-10-16-46-22-40-4)27-36(26-34,32-11-17-47-23-41-5)33-12-18-48-24-42-6/h7-24H2,1-6H3. The zero-order valence-electron chi connectivity index (χ0n) is 28.8. The number of nitrogens with zero attached hydrogens (tertiary/aromatic N) is 3. The fourth-order valence-corrected chi connectivity index (χ4v) is 21.3. The molecule has 24 heteroatoms. The highest BCUT2D eigenvalue weighted by Gasteiger charge is 2.43. The highest BCUT2D eigenvalue weighted by Crippen LogP contribution is 2.80. The lowest BCUT2D eigenvalue weighted by Gasteiger charge is -2.33. The van der Waals surface area contributed by atoms with Crippen LogP contribution in [0.3, 0.4) is 0 Å². The molecule has 1 rings (SSSR count). The second-order valence-corrected chi connectivity index (χ2v) is 29.3. The SMILES string of the molecule is CSCSCCOP1(OCCSCSC)=NP(OCCSCSC)(OCCSCSC)=NP(OCCSCSC)(OCCSCSC)=N1. The maximum absolute atomic E-state index is 6.67. The van der Waals surface area contributed by atoms with E-state index in [0.717, 1.165) is 65.0 Å². The molecule has 48 heavy (non-hydrogen) atoms. The summed E-state index contributed by atoms with van der Waals surface area (Å²) in [6.45, 7) is 2.61. The molecule has 1 aliphatic heterocycles. The maximum Gasteiger partial charge on any atom is 0.349 e. The average Bonchev–Trinajstić information content (AvgIpc) is 3.08. The van der Waals surface area contributed by atoms with Crippen LogP contribution in [-0.4, -0.2) is 142 Å². The summed E-state index contributed by atoms with van der Waals surface area (Å²) in [6.07, 6.45) is 12.6. The van der Waals surface area contributed by atoms with Gasteiger partial charge in [0.2, 0.25) is 0 Å². The van der Waals surface area contributed by atoms with Crippen LogP contribution in [-0.2, 0) is 27.1 Å². The largest absolute Gasteiger partial charge is 0.349 e. The number of thioether (sulfide) groups is 12. The van der Waals surface area contributed by atoms with Crippen LogP contribution >= 0.6 is 164 Å². The van der Waals surface area contributed by atoms with Crippen molar-refractivity contribution in [3.63, 3.8) is 0 Å². The Labute approximate surface area is 343 Å². The molecule has 0 bridgehead atoms. The minimum absolute atomic E-state index is 0.435. The van der Waals surface area contributed by atoms with Crippen molar-refractivity contribution in [2.24, 2.45) is 13.5 Å². The van der Waals surface area contributed by atoms with Crippen molar-refractivity contribution in [3.8, 4) is 0 Å². The van der Waals surface area contributed by atoms with E-state index in [4.69, 9.17) is 40.7 Å². The van der Waals surface area contributed by atoms with Gasteiger partial charge >= 0.3 is 23.0 Å². The van der Waals surface area contributed by atoms with E-state index in [2.05, 4.69) is 37.5 Å². The van der Waals surface area contributed by atoms with Gasteiger partial charge in [0.05, 0.1) is 39.6 Å². The number of hydrogen-bond donors (Lipinski definition) is 0. The molecule has 0 N–H and O–H groups in total. The minimum atomic E-state index is -3.30. The summed E-state index contributed by atoms with van der Waals surface area (Å²) >= 11 is 21.7. The maximum atomic E-state index is 6.67. The lowest BCUT2D eigenvalue weighted by atomic mass is 10.9. The third kappa shape index (κ3) is 25.0. The first-order valence-corrected chi connectivity index (χ1v) is 34.6. The van der Waals surface area contributed by atoms with Crippen LogP contribution < -0.4 is 0 Å².